The van der Waals surface area contributed by atoms with Gasteiger partial charge in [-0.3, -0.25) is 0 Å². The Bertz CT molecular complexity index is 615. The first-order valence-electron chi connectivity index (χ1n) is 6.99. The summed E-state index contributed by atoms with van der Waals surface area (Å²) in [6.45, 7) is 7.15. The van der Waals surface area contributed by atoms with Crippen molar-refractivity contribution in [1.29, 1.82) is 0 Å². The van der Waals surface area contributed by atoms with E-state index in [2.05, 4.69) is 0 Å². The average molecular weight is 305 g/mol. The maximum Gasteiger partial charge on any atom is 0.419 e. The lowest BCUT2D eigenvalue weighted by molar-refractivity contribution is -0.138. The van der Waals surface area contributed by atoms with Gasteiger partial charge in [-0.25, -0.2) is 14.5 Å². The standard InChI is InChI=1S/C16H19NO5/c1-5-20-14(18)12-10-21-13-9-7-6-8-11(13)17(12)15(19)22-16(2,3)4/h6-10H,5H2,1-4H3. The van der Waals surface area contributed by atoms with Crippen LogP contribution in [0.25, 0.3) is 0 Å². The third-order valence-electron chi connectivity index (χ3n) is 2.71. The minimum atomic E-state index is -0.690. The van der Waals surface area contributed by atoms with E-state index in [1.54, 1.807) is 52.0 Å². The second-order valence-corrected chi connectivity index (χ2v) is 5.62. The van der Waals surface area contributed by atoms with E-state index in [0.717, 1.165) is 0 Å². The highest BCUT2D eigenvalue weighted by Gasteiger charge is 2.35. The maximum absolute atomic E-state index is 12.5. The number of ether oxygens (including phenoxy) is 3. The van der Waals surface area contributed by atoms with Gasteiger partial charge in [-0.15, -0.1) is 0 Å². The van der Waals surface area contributed by atoms with Gasteiger partial charge >= 0.3 is 12.1 Å². The topological polar surface area (TPSA) is 65.1 Å². The molecule has 1 aliphatic heterocycles. The number of benzene rings is 1. The van der Waals surface area contributed by atoms with Gasteiger partial charge in [0.15, 0.2) is 11.4 Å². The lowest BCUT2D eigenvalue weighted by atomic mass is 10.2. The number of anilines is 1. The molecular weight excluding hydrogens is 286 g/mol. The number of esters is 1. The van der Waals surface area contributed by atoms with Crippen molar-refractivity contribution in [3.8, 4) is 5.75 Å². The molecule has 0 saturated carbocycles. The van der Waals surface area contributed by atoms with Crippen LogP contribution in [-0.4, -0.2) is 24.3 Å². The van der Waals surface area contributed by atoms with Gasteiger partial charge in [0.05, 0.1) is 12.3 Å². The molecule has 1 aromatic rings. The van der Waals surface area contributed by atoms with Crippen LogP contribution in [0.5, 0.6) is 5.75 Å². The highest BCUT2D eigenvalue weighted by Crippen LogP contribution is 2.36. The van der Waals surface area contributed by atoms with E-state index < -0.39 is 17.7 Å². The molecule has 6 heteroatoms. The molecule has 0 aliphatic carbocycles. The first-order valence-corrected chi connectivity index (χ1v) is 6.99. The second-order valence-electron chi connectivity index (χ2n) is 5.62. The molecule has 1 amide bonds. The Balaban J connectivity index is 2.40. The molecule has 6 nitrogen and oxygen atoms in total. The van der Waals surface area contributed by atoms with E-state index in [-0.39, 0.29) is 12.3 Å². The molecule has 1 heterocycles. The fraction of sp³-hybridized carbons (Fsp3) is 0.375. The van der Waals surface area contributed by atoms with Crippen LogP contribution in [0.3, 0.4) is 0 Å². The number of hydrogen-bond donors (Lipinski definition) is 0. The summed E-state index contributed by atoms with van der Waals surface area (Å²) in [5.74, 6) is -0.190. The minimum Gasteiger partial charge on any atom is -0.461 e. The summed E-state index contributed by atoms with van der Waals surface area (Å²) in [6.07, 6.45) is 0.534. The van der Waals surface area contributed by atoms with Crippen LogP contribution in [0.1, 0.15) is 27.7 Å². The van der Waals surface area contributed by atoms with Gasteiger partial charge in [0.2, 0.25) is 0 Å². The zero-order valence-corrected chi connectivity index (χ0v) is 13.1. The predicted octanol–water partition coefficient (Wildman–Crippen LogP) is 3.23. The molecule has 0 N–H and O–H groups in total. The summed E-state index contributed by atoms with van der Waals surface area (Å²) < 4.78 is 15.7. The maximum atomic E-state index is 12.5. The Labute approximate surface area is 129 Å². The Morgan fingerprint density at radius 1 is 1.23 bits per heavy atom. The number of para-hydroxylation sites is 2. The van der Waals surface area contributed by atoms with Crippen LogP contribution in [0, 0.1) is 0 Å². The molecule has 22 heavy (non-hydrogen) atoms. The molecule has 0 saturated heterocycles. The molecule has 0 fully saturated rings. The lowest BCUT2D eigenvalue weighted by Gasteiger charge is -2.30. The number of rotatable bonds is 2. The largest absolute Gasteiger partial charge is 0.461 e. The van der Waals surface area contributed by atoms with Crippen molar-refractivity contribution in [3.63, 3.8) is 0 Å². The molecule has 1 aromatic carbocycles. The van der Waals surface area contributed by atoms with Crippen molar-refractivity contribution >= 4 is 17.7 Å². The van der Waals surface area contributed by atoms with Crippen LogP contribution >= 0.6 is 0 Å². The Kier molecular flexibility index (Phi) is 4.40. The van der Waals surface area contributed by atoms with Gasteiger partial charge in [-0.2, -0.15) is 0 Å². The van der Waals surface area contributed by atoms with Crippen molar-refractivity contribution in [2.45, 2.75) is 33.3 Å². The van der Waals surface area contributed by atoms with Crippen LogP contribution < -0.4 is 9.64 Å². The molecule has 0 radical (unpaired) electrons. The molecule has 0 unspecified atom stereocenters. The Hall–Kier alpha value is -2.50. The van der Waals surface area contributed by atoms with Crippen LogP contribution in [-0.2, 0) is 14.3 Å². The van der Waals surface area contributed by atoms with E-state index in [4.69, 9.17) is 14.2 Å². The van der Waals surface area contributed by atoms with Crippen LogP contribution in [0.15, 0.2) is 36.2 Å². The molecule has 0 spiro atoms. The molecule has 2 rings (SSSR count). The van der Waals surface area contributed by atoms with Crippen molar-refractivity contribution in [2.24, 2.45) is 0 Å². The van der Waals surface area contributed by atoms with E-state index >= 15 is 0 Å². The van der Waals surface area contributed by atoms with Crippen molar-refractivity contribution in [2.75, 3.05) is 11.5 Å². The molecule has 1 aliphatic rings. The predicted molar refractivity (Wildman–Crippen MR) is 80.5 cm³/mol. The summed E-state index contributed by atoms with van der Waals surface area (Å²) in [7, 11) is 0. The fourth-order valence-corrected chi connectivity index (χ4v) is 1.89. The number of hydrogen-bond acceptors (Lipinski definition) is 5. The molecule has 0 aromatic heterocycles. The van der Waals surface area contributed by atoms with E-state index in [1.807, 2.05) is 0 Å². The van der Waals surface area contributed by atoms with Gasteiger partial charge in [-0.05, 0) is 39.8 Å². The molecular formula is C16H19NO5. The second kappa shape index (κ2) is 6.09. The lowest BCUT2D eigenvalue weighted by Crippen LogP contribution is -2.40. The highest BCUT2D eigenvalue weighted by molar-refractivity contribution is 6.05. The normalized spacial score (nSPS) is 13.6. The summed E-state index contributed by atoms with van der Waals surface area (Å²) in [5, 5.41) is 0. The van der Waals surface area contributed by atoms with E-state index in [0.29, 0.717) is 11.4 Å². The van der Waals surface area contributed by atoms with Gasteiger partial charge in [0.1, 0.15) is 11.9 Å². The molecule has 0 atom stereocenters. The SMILES string of the molecule is CCOC(=O)C1=COc2ccccc2N1C(=O)OC(C)(C)C. The van der Waals surface area contributed by atoms with Gasteiger partial charge in [0.25, 0.3) is 0 Å². The summed E-state index contributed by atoms with van der Waals surface area (Å²) in [4.78, 5) is 25.7. The monoisotopic (exact) mass is 305 g/mol. The zero-order valence-electron chi connectivity index (χ0n) is 13.1. The number of nitrogens with zero attached hydrogens (tertiary/aromatic N) is 1. The molecule has 118 valence electrons. The summed E-state index contributed by atoms with van der Waals surface area (Å²) in [5.41, 5.74) is -0.276. The highest BCUT2D eigenvalue weighted by atomic mass is 16.6. The quantitative estimate of drug-likeness (QED) is 0.785. The first kappa shape index (κ1) is 15.9. The van der Waals surface area contributed by atoms with E-state index in [9.17, 15) is 9.59 Å². The number of carbonyl (C=O) groups excluding carboxylic acids is 2. The van der Waals surface area contributed by atoms with Crippen LogP contribution in [0.4, 0.5) is 10.5 Å². The Morgan fingerprint density at radius 3 is 2.55 bits per heavy atom. The number of fused-ring (bicyclic) bond motifs is 1. The number of carbonyl (C=O) groups is 2. The first-order chi connectivity index (χ1) is 10.3. The van der Waals surface area contributed by atoms with Crippen LogP contribution in [0.2, 0.25) is 0 Å². The van der Waals surface area contributed by atoms with Crippen molar-refractivity contribution in [1.82, 2.24) is 0 Å². The van der Waals surface area contributed by atoms with Gasteiger partial charge in [0, 0.05) is 0 Å². The third-order valence-corrected chi connectivity index (χ3v) is 2.71. The number of amides is 1. The molecule has 0 bridgehead atoms. The third kappa shape index (κ3) is 3.39. The minimum absolute atomic E-state index is 0.0187. The van der Waals surface area contributed by atoms with Gasteiger partial charge < -0.3 is 14.2 Å². The van der Waals surface area contributed by atoms with Crippen molar-refractivity contribution < 1.29 is 23.8 Å². The Morgan fingerprint density at radius 2 is 1.91 bits per heavy atom. The fourth-order valence-electron chi connectivity index (χ4n) is 1.89. The van der Waals surface area contributed by atoms with Gasteiger partial charge in [-0.1, -0.05) is 12.1 Å². The zero-order chi connectivity index (χ0) is 16.3. The summed E-state index contributed by atoms with van der Waals surface area (Å²) >= 11 is 0. The smallest absolute Gasteiger partial charge is 0.419 e. The summed E-state index contributed by atoms with van der Waals surface area (Å²) in [6, 6.07) is 6.89. The average Bonchev–Trinajstić information content (AvgIpc) is 2.44. The van der Waals surface area contributed by atoms with E-state index in [1.165, 1.54) is 11.2 Å². The van der Waals surface area contributed by atoms with Crippen molar-refractivity contribution in [3.05, 3.63) is 36.2 Å².